The summed E-state index contributed by atoms with van der Waals surface area (Å²) in [7, 11) is 0. The summed E-state index contributed by atoms with van der Waals surface area (Å²) in [6.45, 7) is 4.55. The zero-order valence-electron chi connectivity index (χ0n) is 11.6. The average Bonchev–Trinajstić information content (AvgIpc) is 2.43. The van der Waals surface area contributed by atoms with Gasteiger partial charge in [-0.25, -0.2) is 0 Å². The lowest BCUT2D eigenvalue weighted by Crippen LogP contribution is -2.51. The zero-order chi connectivity index (χ0) is 14.1. The molecule has 0 aliphatic rings. The Morgan fingerprint density at radius 2 is 2.11 bits per heavy atom. The summed E-state index contributed by atoms with van der Waals surface area (Å²) < 4.78 is 0. The van der Waals surface area contributed by atoms with Gasteiger partial charge in [-0.1, -0.05) is 13.8 Å². The smallest absolute Gasteiger partial charge is 0.323 e. The van der Waals surface area contributed by atoms with Crippen LogP contribution in [0, 0.1) is 0 Å². The lowest BCUT2D eigenvalue weighted by Gasteiger charge is -2.29. The van der Waals surface area contributed by atoms with Gasteiger partial charge in [0.15, 0.2) is 0 Å². The van der Waals surface area contributed by atoms with Crippen LogP contribution < -0.4 is 5.32 Å². The van der Waals surface area contributed by atoms with Gasteiger partial charge in [-0.3, -0.25) is 9.78 Å². The van der Waals surface area contributed by atoms with E-state index in [1.54, 1.807) is 24.2 Å². The fourth-order valence-corrected chi connectivity index (χ4v) is 2.90. The normalized spacial score (nSPS) is 14.0. The molecule has 2 N–H and O–H groups in total. The van der Waals surface area contributed by atoms with Crippen molar-refractivity contribution < 1.29 is 9.90 Å². The number of rotatable bonds is 9. The van der Waals surface area contributed by atoms with Crippen molar-refractivity contribution in [1.29, 1.82) is 0 Å². The first-order chi connectivity index (χ1) is 9.14. The van der Waals surface area contributed by atoms with Gasteiger partial charge in [0, 0.05) is 17.3 Å². The Hall–Kier alpha value is -1.07. The summed E-state index contributed by atoms with van der Waals surface area (Å²) in [5, 5.41) is 12.5. The topological polar surface area (TPSA) is 62.2 Å². The zero-order valence-corrected chi connectivity index (χ0v) is 12.4. The number of pyridine rings is 1. The first-order valence-corrected chi connectivity index (χ1v) is 7.64. The molecule has 5 heteroatoms. The lowest BCUT2D eigenvalue weighted by atomic mass is 9.91. The van der Waals surface area contributed by atoms with E-state index in [0.717, 1.165) is 12.2 Å². The molecule has 106 valence electrons. The number of hydrogen-bond donors (Lipinski definition) is 2. The molecule has 0 fully saturated rings. The number of thioether (sulfide) groups is 1. The maximum atomic E-state index is 11.4. The van der Waals surface area contributed by atoms with Crippen LogP contribution in [-0.4, -0.2) is 33.9 Å². The summed E-state index contributed by atoms with van der Waals surface area (Å²) >= 11 is 1.74. The van der Waals surface area contributed by atoms with E-state index < -0.39 is 11.5 Å². The molecule has 0 saturated carbocycles. The van der Waals surface area contributed by atoms with Crippen molar-refractivity contribution in [3.8, 4) is 0 Å². The highest BCUT2D eigenvalue weighted by atomic mass is 32.2. The SMILES string of the molecule is CCNC(CC)(CCCSc1ccncc1)C(=O)O. The standard InChI is InChI=1S/C14H22N2O2S/c1-3-14(13(17)18,16-4-2)8-5-11-19-12-6-9-15-10-7-12/h6-7,9-10,16H,3-5,8,11H2,1-2H3,(H,17,18). The van der Waals surface area contributed by atoms with Crippen LogP contribution >= 0.6 is 11.8 Å². The Labute approximate surface area is 119 Å². The number of carboxylic acid groups (broad SMARTS) is 1. The van der Waals surface area contributed by atoms with E-state index in [0.29, 0.717) is 19.4 Å². The maximum absolute atomic E-state index is 11.4. The number of nitrogens with one attached hydrogen (secondary N) is 1. The van der Waals surface area contributed by atoms with E-state index in [1.807, 2.05) is 26.0 Å². The van der Waals surface area contributed by atoms with Crippen LogP contribution in [0.1, 0.15) is 33.1 Å². The lowest BCUT2D eigenvalue weighted by molar-refractivity contribution is -0.145. The van der Waals surface area contributed by atoms with Gasteiger partial charge in [0.2, 0.25) is 0 Å². The van der Waals surface area contributed by atoms with Crippen LogP contribution in [0.4, 0.5) is 0 Å². The highest BCUT2D eigenvalue weighted by Crippen LogP contribution is 2.23. The van der Waals surface area contributed by atoms with Crippen molar-refractivity contribution in [3.63, 3.8) is 0 Å². The third kappa shape index (κ3) is 4.84. The maximum Gasteiger partial charge on any atom is 0.323 e. The highest BCUT2D eigenvalue weighted by Gasteiger charge is 2.34. The van der Waals surface area contributed by atoms with Crippen molar-refractivity contribution in [2.75, 3.05) is 12.3 Å². The van der Waals surface area contributed by atoms with Crippen LogP contribution in [0.25, 0.3) is 0 Å². The summed E-state index contributed by atoms with van der Waals surface area (Å²) in [5.41, 5.74) is -0.770. The van der Waals surface area contributed by atoms with E-state index in [9.17, 15) is 9.90 Å². The van der Waals surface area contributed by atoms with E-state index in [2.05, 4.69) is 10.3 Å². The Morgan fingerprint density at radius 1 is 1.42 bits per heavy atom. The second-order valence-corrected chi connectivity index (χ2v) is 5.57. The summed E-state index contributed by atoms with van der Waals surface area (Å²) in [6, 6.07) is 3.94. The molecule has 0 saturated heterocycles. The Bertz CT molecular complexity index is 386. The van der Waals surface area contributed by atoms with Crippen LogP contribution in [0.2, 0.25) is 0 Å². The molecule has 0 radical (unpaired) electrons. The minimum atomic E-state index is -0.770. The van der Waals surface area contributed by atoms with Crippen LogP contribution in [0.5, 0.6) is 0 Å². The molecule has 0 bridgehead atoms. The van der Waals surface area contributed by atoms with Crippen LogP contribution in [0.15, 0.2) is 29.4 Å². The molecule has 1 unspecified atom stereocenters. The largest absolute Gasteiger partial charge is 0.480 e. The molecule has 0 aromatic carbocycles. The van der Waals surface area contributed by atoms with E-state index in [-0.39, 0.29) is 0 Å². The average molecular weight is 282 g/mol. The number of aromatic nitrogens is 1. The van der Waals surface area contributed by atoms with Crippen molar-refractivity contribution in [2.24, 2.45) is 0 Å². The van der Waals surface area contributed by atoms with E-state index >= 15 is 0 Å². The van der Waals surface area contributed by atoms with E-state index in [1.165, 1.54) is 4.90 Å². The number of carboxylic acids is 1. The molecule has 0 spiro atoms. The van der Waals surface area contributed by atoms with Gasteiger partial charge in [0.1, 0.15) is 5.54 Å². The van der Waals surface area contributed by atoms with Gasteiger partial charge in [-0.15, -0.1) is 11.8 Å². The van der Waals surface area contributed by atoms with Crippen LogP contribution in [-0.2, 0) is 4.79 Å². The predicted octanol–water partition coefficient (Wildman–Crippen LogP) is 2.80. The first kappa shape index (κ1) is 16.0. The van der Waals surface area contributed by atoms with Crippen molar-refractivity contribution in [2.45, 2.75) is 43.5 Å². The second kappa shape index (κ2) is 8.17. The molecule has 0 amide bonds. The van der Waals surface area contributed by atoms with Gasteiger partial charge < -0.3 is 10.4 Å². The Morgan fingerprint density at radius 3 is 2.63 bits per heavy atom. The predicted molar refractivity (Wildman–Crippen MR) is 78.5 cm³/mol. The molecule has 1 rings (SSSR count). The van der Waals surface area contributed by atoms with Gasteiger partial charge in [-0.2, -0.15) is 0 Å². The molecular weight excluding hydrogens is 260 g/mol. The molecule has 0 aliphatic carbocycles. The summed E-state index contributed by atoms with van der Waals surface area (Å²) in [4.78, 5) is 16.6. The minimum absolute atomic E-state index is 0.607. The molecular formula is C14H22N2O2S. The van der Waals surface area contributed by atoms with Crippen molar-refractivity contribution >= 4 is 17.7 Å². The summed E-state index contributed by atoms with van der Waals surface area (Å²) in [5.74, 6) is 0.176. The molecule has 1 aromatic heterocycles. The van der Waals surface area contributed by atoms with Crippen molar-refractivity contribution in [1.82, 2.24) is 10.3 Å². The fraction of sp³-hybridized carbons (Fsp3) is 0.571. The number of nitrogens with zero attached hydrogens (tertiary/aromatic N) is 1. The second-order valence-electron chi connectivity index (χ2n) is 4.41. The molecule has 1 heterocycles. The van der Waals surface area contributed by atoms with Crippen molar-refractivity contribution in [3.05, 3.63) is 24.5 Å². The van der Waals surface area contributed by atoms with E-state index in [4.69, 9.17) is 0 Å². The monoisotopic (exact) mass is 282 g/mol. The Kier molecular flexibility index (Phi) is 6.87. The number of likely N-dealkylation sites (N-methyl/N-ethyl adjacent to an activating group) is 1. The minimum Gasteiger partial charge on any atom is -0.480 e. The first-order valence-electron chi connectivity index (χ1n) is 6.66. The molecule has 1 aromatic rings. The van der Waals surface area contributed by atoms with Crippen LogP contribution in [0.3, 0.4) is 0 Å². The molecule has 4 nitrogen and oxygen atoms in total. The fourth-order valence-electron chi connectivity index (χ4n) is 2.06. The van der Waals surface area contributed by atoms with Gasteiger partial charge >= 0.3 is 5.97 Å². The molecule has 0 aliphatic heterocycles. The van der Waals surface area contributed by atoms with Gasteiger partial charge in [-0.05, 0) is 43.7 Å². The summed E-state index contributed by atoms with van der Waals surface area (Å²) in [6.07, 6.45) is 5.68. The Balaban J connectivity index is 2.42. The third-order valence-corrected chi connectivity index (χ3v) is 4.29. The number of carbonyl (C=O) groups is 1. The third-order valence-electron chi connectivity index (χ3n) is 3.19. The quantitative estimate of drug-likeness (QED) is 0.538. The van der Waals surface area contributed by atoms with Gasteiger partial charge in [0.25, 0.3) is 0 Å². The highest BCUT2D eigenvalue weighted by molar-refractivity contribution is 7.99. The molecule has 19 heavy (non-hydrogen) atoms. The number of hydrogen-bond acceptors (Lipinski definition) is 4. The van der Waals surface area contributed by atoms with Gasteiger partial charge in [0.05, 0.1) is 0 Å². The molecule has 1 atom stereocenters. The number of aliphatic carboxylic acids is 1.